The van der Waals surface area contributed by atoms with Crippen LogP contribution in [0, 0.1) is 6.92 Å². The Morgan fingerprint density at radius 3 is 2.79 bits per heavy atom. The number of aryl methyl sites for hydroxylation is 1. The Labute approximate surface area is 164 Å². The van der Waals surface area contributed by atoms with Gasteiger partial charge in [0.2, 0.25) is 15.9 Å². The summed E-state index contributed by atoms with van der Waals surface area (Å²) in [6.07, 6.45) is 0.608. The van der Waals surface area contributed by atoms with Crippen LogP contribution in [0.3, 0.4) is 0 Å². The number of ether oxygens (including phenoxy) is 1. The smallest absolute Gasteiger partial charge is 0.248 e. The van der Waals surface area contributed by atoms with Gasteiger partial charge in [-0.25, -0.2) is 13.1 Å². The molecular formula is C19H25N3O5S. The zero-order valence-corrected chi connectivity index (χ0v) is 17.1. The van der Waals surface area contributed by atoms with Crippen LogP contribution < -0.4 is 4.72 Å². The van der Waals surface area contributed by atoms with Gasteiger partial charge in [0.05, 0.1) is 23.2 Å². The molecule has 28 heavy (non-hydrogen) atoms. The SMILES string of the molecule is Cc1cc(CNS(=O)(=O)c2ccc3c(c2)CCN(C(=O)COC(C)C)C3)no1. The summed E-state index contributed by atoms with van der Waals surface area (Å²) < 4.78 is 38.0. The Hall–Kier alpha value is -2.23. The fourth-order valence-corrected chi connectivity index (χ4v) is 4.04. The van der Waals surface area contributed by atoms with E-state index in [1.165, 1.54) is 0 Å². The van der Waals surface area contributed by atoms with E-state index in [1.54, 1.807) is 36.1 Å². The number of nitrogens with one attached hydrogen (secondary N) is 1. The lowest BCUT2D eigenvalue weighted by Gasteiger charge is -2.29. The van der Waals surface area contributed by atoms with Crippen LogP contribution in [-0.4, -0.2) is 43.6 Å². The predicted molar refractivity (Wildman–Crippen MR) is 102 cm³/mol. The normalized spacial score (nSPS) is 14.4. The van der Waals surface area contributed by atoms with E-state index in [0.717, 1.165) is 11.1 Å². The highest BCUT2D eigenvalue weighted by atomic mass is 32.2. The molecule has 9 heteroatoms. The maximum absolute atomic E-state index is 12.6. The molecule has 0 unspecified atom stereocenters. The lowest BCUT2D eigenvalue weighted by molar-refractivity contribution is -0.138. The number of rotatable bonds is 7. The van der Waals surface area contributed by atoms with E-state index in [0.29, 0.717) is 31.0 Å². The minimum absolute atomic E-state index is 0.00227. The second-order valence-corrected chi connectivity index (χ2v) is 8.88. The van der Waals surface area contributed by atoms with Crippen molar-refractivity contribution in [2.45, 2.75) is 51.3 Å². The number of aromatic nitrogens is 1. The zero-order valence-electron chi connectivity index (χ0n) is 16.3. The highest BCUT2D eigenvalue weighted by Gasteiger charge is 2.23. The first-order chi connectivity index (χ1) is 13.2. The Morgan fingerprint density at radius 2 is 2.11 bits per heavy atom. The minimum atomic E-state index is -3.66. The first-order valence-electron chi connectivity index (χ1n) is 9.17. The third-order valence-corrected chi connectivity index (χ3v) is 5.91. The third kappa shape index (κ3) is 4.98. The molecule has 1 aromatic heterocycles. The summed E-state index contributed by atoms with van der Waals surface area (Å²) >= 11 is 0. The molecule has 152 valence electrons. The molecule has 1 aliphatic rings. The van der Waals surface area contributed by atoms with E-state index in [1.807, 2.05) is 13.8 Å². The minimum Gasteiger partial charge on any atom is -0.369 e. The molecular weight excluding hydrogens is 382 g/mol. The molecule has 8 nitrogen and oxygen atoms in total. The monoisotopic (exact) mass is 407 g/mol. The van der Waals surface area contributed by atoms with Crippen LogP contribution >= 0.6 is 0 Å². The number of hydrogen-bond donors (Lipinski definition) is 1. The number of carbonyl (C=O) groups is 1. The van der Waals surface area contributed by atoms with Crippen LogP contribution in [0.2, 0.25) is 0 Å². The van der Waals surface area contributed by atoms with E-state index in [-0.39, 0.29) is 30.1 Å². The number of carbonyl (C=O) groups excluding carboxylic acids is 1. The van der Waals surface area contributed by atoms with E-state index in [4.69, 9.17) is 9.26 Å². The topological polar surface area (TPSA) is 102 Å². The summed E-state index contributed by atoms with van der Waals surface area (Å²) in [6, 6.07) is 6.70. The molecule has 1 amide bonds. The number of sulfonamides is 1. The fourth-order valence-electron chi connectivity index (χ4n) is 2.99. The average Bonchev–Trinajstić information content (AvgIpc) is 3.09. The van der Waals surface area contributed by atoms with Crippen molar-refractivity contribution >= 4 is 15.9 Å². The maximum atomic E-state index is 12.6. The summed E-state index contributed by atoms with van der Waals surface area (Å²) in [5, 5.41) is 3.78. The van der Waals surface area contributed by atoms with Gasteiger partial charge < -0.3 is 14.2 Å². The fraction of sp³-hybridized carbons (Fsp3) is 0.474. The van der Waals surface area contributed by atoms with Crippen molar-refractivity contribution in [1.82, 2.24) is 14.8 Å². The highest BCUT2D eigenvalue weighted by molar-refractivity contribution is 7.89. The third-order valence-electron chi connectivity index (χ3n) is 4.51. The zero-order chi connectivity index (χ0) is 20.3. The molecule has 0 radical (unpaired) electrons. The molecule has 0 fully saturated rings. The van der Waals surface area contributed by atoms with E-state index >= 15 is 0 Å². The van der Waals surface area contributed by atoms with Crippen LogP contribution in [0.15, 0.2) is 33.7 Å². The van der Waals surface area contributed by atoms with E-state index < -0.39 is 10.0 Å². The first-order valence-corrected chi connectivity index (χ1v) is 10.7. The summed E-state index contributed by atoms with van der Waals surface area (Å²) in [5.74, 6) is 0.571. The number of benzene rings is 1. The van der Waals surface area contributed by atoms with Gasteiger partial charge in [0.25, 0.3) is 0 Å². The Bertz CT molecular complexity index is 952. The quantitative estimate of drug-likeness (QED) is 0.751. The molecule has 2 aromatic rings. The standard InChI is InChI=1S/C19H25N3O5S/c1-13(2)26-12-19(23)22-7-6-15-9-18(5-4-16(15)11-22)28(24,25)20-10-17-8-14(3)27-21-17/h4-5,8-9,13,20H,6-7,10-12H2,1-3H3. The Balaban J connectivity index is 1.66. The Morgan fingerprint density at radius 1 is 1.32 bits per heavy atom. The average molecular weight is 407 g/mol. The molecule has 0 bridgehead atoms. The molecule has 0 saturated carbocycles. The van der Waals surface area contributed by atoms with Crippen molar-refractivity contribution in [2.75, 3.05) is 13.2 Å². The van der Waals surface area contributed by atoms with Crippen molar-refractivity contribution in [3.63, 3.8) is 0 Å². The van der Waals surface area contributed by atoms with Crippen molar-refractivity contribution in [1.29, 1.82) is 0 Å². The lowest BCUT2D eigenvalue weighted by atomic mass is 10.00. The molecule has 3 rings (SSSR count). The van der Waals surface area contributed by atoms with Crippen molar-refractivity contribution < 1.29 is 22.5 Å². The predicted octanol–water partition coefficient (Wildman–Crippen LogP) is 1.77. The van der Waals surface area contributed by atoms with Gasteiger partial charge in [0.15, 0.2) is 0 Å². The first kappa shape index (κ1) is 20.5. The number of fused-ring (bicyclic) bond motifs is 1. The molecule has 1 aliphatic heterocycles. The number of amides is 1. The molecule has 0 spiro atoms. The molecule has 2 heterocycles. The van der Waals surface area contributed by atoms with Crippen LogP contribution in [0.4, 0.5) is 0 Å². The summed E-state index contributed by atoms with van der Waals surface area (Å²) in [7, 11) is -3.66. The lowest BCUT2D eigenvalue weighted by Crippen LogP contribution is -2.38. The van der Waals surface area contributed by atoms with Crippen molar-refractivity contribution in [2.24, 2.45) is 0 Å². The van der Waals surface area contributed by atoms with Crippen LogP contribution in [0.25, 0.3) is 0 Å². The van der Waals surface area contributed by atoms with E-state index in [2.05, 4.69) is 9.88 Å². The van der Waals surface area contributed by atoms with Gasteiger partial charge in [-0.05, 0) is 50.5 Å². The molecule has 1 aromatic carbocycles. The van der Waals surface area contributed by atoms with Gasteiger partial charge in [-0.3, -0.25) is 4.79 Å². The molecule has 0 atom stereocenters. The Kier molecular flexibility index (Phi) is 6.17. The number of hydrogen-bond acceptors (Lipinski definition) is 6. The largest absolute Gasteiger partial charge is 0.369 e. The van der Waals surface area contributed by atoms with Gasteiger partial charge in [-0.15, -0.1) is 0 Å². The van der Waals surface area contributed by atoms with Gasteiger partial charge in [0, 0.05) is 19.2 Å². The van der Waals surface area contributed by atoms with Gasteiger partial charge in [-0.1, -0.05) is 11.2 Å². The van der Waals surface area contributed by atoms with Gasteiger partial charge in [-0.2, -0.15) is 0 Å². The second-order valence-electron chi connectivity index (χ2n) is 7.11. The van der Waals surface area contributed by atoms with Crippen LogP contribution in [0.5, 0.6) is 0 Å². The van der Waals surface area contributed by atoms with Crippen LogP contribution in [0.1, 0.15) is 36.4 Å². The highest BCUT2D eigenvalue weighted by Crippen LogP contribution is 2.23. The molecule has 1 N–H and O–H groups in total. The summed E-state index contributed by atoms with van der Waals surface area (Å²) in [5.41, 5.74) is 2.42. The molecule has 0 aliphatic carbocycles. The second kappa shape index (κ2) is 8.42. The summed E-state index contributed by atoms with van der Waals surface area (Å²) in [4.78, 5) is 14.2. The molecule has 0 saturated heterocycles. The maximum Gasteiger partial charge on any atom is 0.248 e. The van der Waals surface area contributed by atoms with Crippen molar-refractivity contribution in [3.05, 3.63) is 46.8 Å². The summed E-state index contributed by atoms with van der Waals surface area (Å²) in [6.45, 7) is 6.65. The van der Waals surface area contributed by atoms with Gasteiger partial charge >= 0.3 is 0 Å². The van der Waals surface area contributed by atoms with Gasteiger partial charge in [0.1, 0.15) is 12.4 Å². The number of nitrogens with zero attached hydrogens (tertiary/aromatic N) is 2. The van der Waals surface area contributed by atoms with E-state index in [9.17, 15) is 13.2 Å². The van der Waals surface area contributed by atoms with Crippen molar-refractivity contribution in [3.8, 4) is 0 Å². The van der Waals surface area contributed by atoms with Crippen LogP contribution in [-0.2, 0) is 39.1 Å².